The first-order valence-corrected chi connectivity index (χ1v) is 7.25. The Bertz CT molecular complexity index is 460. The van der Waals surface area contributed by atoms with Crippen LogP contribution in [0.15, 0.2) is 0 Å². The van der Waals surface area contributed by atoms with Crippen LogP contribution in [0.5, 0.6) is 0 Å². The second kappa shape index (κ2) is 6.24. The van der Waals surface area contributed by atoms with E-state index in [1.54, 1.807) is 41.5 Å². The zero-order chi connectivity index (χ0) is 17.3. The number of nitrogens with zero attached hydrogens (tertiary/aromatic N) is 1. The molecule has 1 aliphatic rings. The quantitative estimate of drug-likeness (QED) is 0.582. The van der Waals surface area contributed by atoms with E-state index in [9.17, 15) is 19.5 Å². The Morgan fingerprint density at radius 2 is 1.64 bits per heavy atom. The minimum Gasteiger partial charge on any atom is -0.444 e. The lowest BCUT2D eigenvalue weighted by Crippen LogP contribution is -2.45. The number of carbonyl (C=O) groups is 3. The highest BCUT2D eigenvalue weighted by Gasteiger charge is 2.43. The van der Waals surface area contributed by atoms with Crippen molar-refractivity contribution >= 4 is 18.0 Å². The fourth-order valence-electron chi connectivity index (χ4n) is 1.87. The molecule has 0 radical (unpaired) electrons. The van der Waals surface area contributed by atoms with Gasteiger partial charge in [-0.25, -0.2) is 9.59 Å². The average Bonchev–Trinajstić information content (AvgIpc) is 2.67. The van der Waals surface area contributed by atoms with Gasteiger partial charge >= 0.3 is 18.0 Å². The third-order valence-electron chi connectivity index (χ3n) is 2.98. The summed E-state index contributed by atoms with van der Waals surface area (Å²) in [5.74, 6) is -1.52. The Balaban J connectivity index is 2.80. The minimum absolute atomic E-state index is 0.0233. The summed E-state index contributed by atoms with van der Waals surface area (Å²) in [6.07, 6.45) is -1.54. The summed E-state index contributed by atoms with van der Waals surface area (Å²) in [6.45, 7) is 9.95. The van der Waals surface area contributed by atoms with Gasteiger partial charge in [-0.2, -0.15) is 0 Å². The zero-order valence-corrected chi connectivity index (χ0v) is 14.0. The van der Waals surface area contributed by atoms with Crippen molar-refractivity contribution in [3.05, 3.63) is 0 Å². The maximum absolute atomic E-state index is 12.1. The molecule has 1 heterocycles. The van der Waals surface area contributed by atoms with Gasteiger partial charge in [0.05, 0.1) is 18.1 Å². The van der Waals surface area contributed by atoms with Crippen molar-refractivity contribution in [1.29, 1.82) is 0 Å². The molecule has 7 nitrogen and oxygen atoms in total. The smallest absolute Gasteiger partial charge is 0.411 e. The fraction of sp³-hybridized carbons (Fsp3) is 0.800. The lowest BCUT2D eigenvalue weighted by Gasteiger charge is -2.27. The summed E-state index contributed by atoms with van der Waals surface area (Å²) in [6, 6.07) is -1.02. The molecular formula is C15H25NO6. The first-order valence-electron chi connectivity index (χ1n) is 7.25. The normalized spacial score (nSPS) is 22.4. The molecule has 1 amide bonds. The van der Waals surface area contributed by atoms with Crippen molar-refractivity contribution in [1.82, 2.24) is 4.90 Å². The standard InChI is InChI=1S/C15H25NO6/c1-14(2,3)12(19)21-11(18)10-7-9(17)8-16(10)13(20)22-15(4,5)6/h9-10,17H,7-8H2,1-6H3. The number of esters is 2. The predicted molar refractivity (Wildman–Crippen MR) is 77.9 cm³/mol. The van der Waals surface area contributed by atoms with Crippen molar-refractivity contribution < 1.29 is 29.0 Å². The van der Waals surface area contributed by atoms with Gasteiger partial charge in [-0.3, -0.25) is 9.69 Å². The van der Waals surface area contributed by atoms with Crippen LogP contribution in [0, 0.1) is 5.41 Å². The number of ether oxygens (including phenoxy) is 2. The Morgan fingerprint density at radius 3 is 2.09 bits per heavy atom. The number of hydrogen-bond donors (Lipinski definition) is 1. The second-order valence-electron chi connectivity index (χ2n) is 7.50. The van der Waals surface area contributed by atoms with Gasteiger partial charge in [-0.15, -0.1) is 0 Å². The molecule has 0 spiro atoms. The van der Waals surface area contributed by atoms with Crippen molar-refractivity contribution in [2.24, 2.45) is 5.41 Å². The third-order valence-corrected chi connectivity index (χ3v) is 2.98. The summed E-state index contributed by atoms with van der Waals surface area (Å²) >= 11 is 0. The number of amides is 1. The SMILES string of the molecule is CC(C)(C)OC(=O)N1CC(O)CC1C(=O)OC(=O)C(C)(C)C. The molecule has 0 aromatic heterocycles. The Kier molecular flexibility index (Phi) is 5.22. The van der Waals surface area contributed by atoms with Gasteiger partial charge in [0, 0.05) is 6.42 Å². The van der Waals surface area contributed by atoms with Crippen LogP contribution in [0.25, 0.3) is 0 Å². The average molecular weight is 315 g/mol. The highest BCUT2D eigenvalue weighted by atomic mass is 16.6. The molecule has 22 heavy (non-hydrogen) atoms. The van der Waals surface area contributed by atoms with E-state index in [2.05, 4.69) is 0 Å². The highest BCUT2D eigenvalue weighted by Crippen LogP contribution is 2.24. The molecule has 126 valence electrons. The molecule has 1 aliphatic heterocycles. The van der Waals surface area contributed by atoms with Gasteiger partial charge in [0.2, 0.25) is 0 Å². The first kappa shape index (κ1) is 18.4. The van der Waals surface area contributed by atoms with Crippen LogP contribution in [-0.2, 0) is 19.1 Å². The van der Waals surface area contributed by atoms with Gasteiger partial charge in [0.1, 0.15) is 11.6 Å². The van der Waals surface area contributed by atoms with Gasteiger partial charge in [0.15, 0.2) is 0 Å². The molecule has 0 saturated carbocycles. The second-order valence-corrected chi connectivity index (χ2v) is 7.50. The van der Waals surface area contributed by atoms with E-state index < -0.39 is 41.2 Å². The largest absolute Gasteiger partial charge is 0.444 e. The Hall–Kier alpha value is -1.63. The van der Waals surface area contributed by atoms with Gasteiger partial charge in [-0.05, 0) is 41.5 Å². The molecule has 1 fully saturated rings. The molecule has 7 heteroatoms. The van der Waals surface area contributed by atoms with Crippen molar-refractivity contribution in [2.75, 3.05) is 6.54 Å². The van der Waals surface area contributed by atoms with Crippen molar-refractivity contribution in [3.8, 4) is 0 Å². The highest BCUT2D eigenvalue weighted by molar-refractivity contribution is 5.92. The molecule has 0 aromatic rings. The summed E-state index contributed by atoms with van der Waals surface area (Å²) in [5.41, 5.74) is -1.55. The van der Waals surface area contributed by atoms with Crippen LogP contribution in [0.4, 0.5) is 4.79 Å². The topological polar surface area (TPSA) is 93.1 Å². The molecule has 0 bridgehead atoms. The number of β-amino-alcohol motifs (C(OH)–C–C–N with tert-alkyl or cyclic N) is 1. The lowest BCUT2D eigenvalue weighted by atomic mass is 9.97. The van der Waals surface area contributed by atoms with Crippen LogP contribution >= 0.6 is 0 Å². The first-order chi connectivity index (χ1) is 9.81. The third kappa shape index (κ3) is 4.98. The summed E-state index contributed by atoms with van der Waals surface area (Å²) in [5, 5.41) is 9.72. The number of carbonyl (C=O) groups excluding carboxylic acids is 3. The lowest BCUT2D eigenvalue weighted by molar-refractivity contribution is -0.168. The number of likely N-dealkylation sites (tertiary alicyclic amines) is 1. The number of hydrogen-bond acceptors (Lipinski definition) is 6. The van der Waals surface area contributed by atoms with Crippen LogP contribution in [0.1, 0.15) is 48.0 Å². The number of aliphatic hydroxyl groups excluding tert-OH is 1. The summed E-state index contributed by atoms with van der Waals surface area (Å²) < 4.78 is 10.0. The maximum Gasteiger partial charge on any atom is 0.411 e. The molecule has 2 unspecified atom stereocenters. The van der Waals surface area contributed by atoms with Crippen LogP contribution in [0.3, 0.4) is 0 Å². The molecular weight excluding hydrogens is 290 g/mol. The van der Waals surface area contributed by atoms with E-state index in [0.29, 0.717) is 0 Å². The van der Waals surface area contributed by atoms with Gasteiger partial charge < -0.3 is 14.6 Å². The molecule has 2 atom stereocenters. The number of aliphatic hydroxyl groups is 1. The van der Waals surface area contributed by atoms with E-state index in [-0.39, 0.29) is 13.0 Å². The summed E-state index contributed by atoms with van der Waals surface area (Å²) in [7, 11) is 0. The fourth-order valence-corrected chi connectivity index (χ4v) is 1.87. The van der Waals surface area contributed by atoms with Crippen LogP contribution in [-0.4, -0.2) is 52.3 Å². The van der Waals surface area contributed by atoms with Gasteiger partial charge in [0.25, 0.3) is 0 Å². The van der Waals surface area contributed by atoms with E-state index in [1.165, 1.54) is 0 Å². The number of rotatable bonds is 1. The maximum atomic E-state index is 12.1. The van der Waals surface area contributed by atoms with E-state index in [1.807, 2.05) is 0 Å². The van der Waals surface area contributed by atoms with Crippen LogP contribution in [0.2, 0.25) is 0 Å². The van der Waals surface area contributed by atoms with Crippen LogP contribution < -0.4 is 0 Å². The predicted octanol–water partition coefficient (Wildman–Crippen LogP) is 1.47. The van der Waals surface area contributed by atoms with E-state index >= 15 is 0 Å². The molecule has 1 N–H and O–H groups in total. The molecule has 1 rings (SSSR count). The Labute approximate surface area is 130 Å². The molecule has 1 saturated heterocycles. The zero-order valence-electron chi connectivity index (χ0n) is 14.0. The van der Waals surface area contributed by atoms with Crippen molar-refractivity contribution in [2.45, 2.75) is 65.7 Å². The minimum atomic E-state index is -1.02. The monoisotopic (exact) mass is 315 g/mol. The van der Waals surface area contributed by atoms with E-state index in [0.717, 1.165) is 4.90 Å². The Morgan fingerprint density at radius 1 is 1.09 bits per heavy atom. The van der Waals surface area contributed by atoms with Gasteiger partial charge in [-0.1, -0.05) is 0 Å². The van der Waals surface area contributed by atoms with Crippen molar-refractivity contribution in [3.63, 3.8) is 0 Å². The summed E-state index contributed by atoms with van der Waals surface area (Å²) in [4.78, 5) is 37.1. The molecule has 0 aliphatic carbocycles. The van der Waals surface area contributed by atoms with E-state index in [4.69, 9.17) is 9.47 Å². The molecule has 0 aromatic carbocycles.